The third kappa shape index (κ3) is 3.52. The van der Waals surface area contributed by atoms with E-state index in [2.05, 4.69) is 24.4 Å². The molecule has 20 heavy (non-hydrogen) atoms. The molecular weight excluding hydrogens is 250 g/mol. The van der Waals surface area contributed by atoms with Gasteiger partial charge in [0.15, 0.2) is 0 Å². The van der Waals surface area contributed by atoms with Gasteiger partial charge in [0, 0.05) is 5.69 Å². The number of benzene rings is 2. The van der Waals surface area contributed by atoms with Crippen LogP contribution in [0.15, 0.2) is 48.5 Å². The van der Waals surface area contributed by atoms with E-state index in [9.17, 15) is 5.11 Å². The summed E-state index contributed by atoms with van der Waals surface area (Å²) in [6.07, 6.45) is 0.982. The SMILES string of the molecule is CCC(Nc1cccc(CO)c1)c1ccc(OC)cc1. The minimum Gasteiger partial charge on any atom is -0.497 e. The number of nitrogens with one attached hydrogen (secondary N) is 1. The summed E-state index contributed by atoms with van der Waals surface area (Å²) in [7, 11) is 1.67. The largest absolute Gasteiger partial charge is 0.497 e. The van der Waals surface area contributed by atoms with E-state index in [0.29, 0.717) is 0 Å². The number of aliphatic hydroxyl groups excluding tert-OH is 1. The van der Waals surface area contributed by atoms with Gasteiger partial charge in [0.1, 0.15) is 5.75 Å². The van der Waals surface area contributed by atoms with Crippen molar-refractivity contribution < 1.29 is 9.84 Å². The van der Waals surface area contributed by atoms with Crippen LogP contribution in [0, 0.1) is 0 Å². The predicted octanol–water partition coefficient (Wildman–Crippen LogP) is 3.75. The first-order valence-corrected chi connectivity index (χ1v) is 6.87. The molecule has 3 heteroatoms. The van der Waals surface area contributed by atoms with E-state index in [0.717, 1.165) is 23.4 Å². The molecule has 0 heterocycles. The molecule has 0 fully saturated rings. The van der Waals surface area contributed by atoms with E-state index in [1.165, 1.54) is 5.56 Å². The number of hydrogen-bond donors (Lipinski definition) is 2. The summed E-state index contributed by atoms with van der Waals surface area (Å²) in [5, 5.41) is 12.7. The second-order valence-corrected chi connectivity index (χ2v) is 4.74. The summed E-state index contributed by atoms with van der Waals surface area (Å²) >= 11 is 0. The van der Waals surface area contributed by atoms with Crippen molar-refractivity contribution in [1.29, 1.82) is 0 Å². The summed E-state index contributed by atoms with van der Waals surface area (Å²) in [5.41, 5.74) is 3.17. The maximum Gasteiger partial charge on any atom is 0.118 e. The Morgan fingerprint density at radius 1 is 1.15 bits per heavy atom. The lowest BCUT2D eigenvalue weighted by atomic mass is 10.0. The van der Waals surface area contributed by atoms with Gasteiger partial charge in [-0.15, -0.1) is 0 Å². The van der Waals surface area contributed by atoms with Crippen molar-refractivity contribution in [3.8, 4) is 5.75 Å². The Labute approximate surface area is 120 Å². The lowest BCUT2D eigenvalue weighted by molar-refractivity contribution is 0.282. The van der Waals surface area contributed by atoms with Crippen LogP contribution in [-0.2, 0) is 6.61 Å². The second-order valence-electron chi connectivity index (χ2n) is 4.74. The van der Waals surface area contributed by atoms with E-state index in [4.69, 9.17) is 4.74 Å². The molecule has 1 unspecified atom stereocenters. The molecule has 0 saturated heterocycles. The Morgan fingerprint density at radius 2 is 1.90 bits per heavy atom. The van der Waals surface area contributed by atoms with Crippen molar-refractivity contribution in [3.63, 3.8) is 0 Å². The molecule has 2 aromatic carbocycles. The topological polar surface area (TPSA) is 41.5 Å². The molecule has 3 nitrogen and oxygen atoms in total. The van der Waals surface area contributed by atoms with Gasteiger partial charge in [-0.2, -0.15) is 0 Å². The molecule has 2 rings (SSSR count). The summed E-state index contributed by atoms with van der Waals surface area (Å²) in [6, 6.07) is 16.2. The van der Waals surface area contributed by atoms with E-state index in [1.807, 2.05) is 36.4 Å². The lowest BCUT2D eigenvalue weighted by Crippen LogP contribution is -2.09. The van der Waals surface area contributed by atoms with Crippen LogP contribution in [0.2, 0.25) is 0 Å². The Balaban J connectivity index is 2.14. The van der Waals surface area contributed by atoms with Gasteiger partial charge in [-0.25, -0.2) is 0 Å². The number of methoxy groups -OCH3 is 1. The van der Waals surface area contributed by atoms with Crippen LogP contribution in [0.4, 0.5) is 5.69 Å². The van der Waals surface area contributed by atoms with Gasteiger partial charge < -0.3 is 15.2 Å². The Morgan fingerprint density at radius 3 is 2.50 bits per heavy atom. The lowest BCUT2D eigenvalue weighted by Gasteiger charge is -2.19. The van der Waals surface area contributed by atoms with Crippen LogP contribution in [-0.4, -0.2) is 12.2 Å². The zero-order valence-electron chi connectivity index (χ0n) is 12.0. The van der Waals surface area contributed by atoms with Crippen LogP contribution in [0.1, 0.15) is 30.5 Å². The molecule has 0 radical (unpaired) electrons. The monoisotopic (exact) mass is 271 g/mol. The molecule has 2 N–H and O–H groups in total. The maximum atomic E-state index is 9.19. The van der Waals surface area contributed by atoms with Crippen molar-refractivity contribution in [2.75, 3.05) is 12.4 Å². The molecule has 0 aliphatic heterocycles. The highest BCUT2D eigenvalue weighted by Gasteiger charge is 2.09. The normalized spacial score (nSPS) is 11.9. The van der Waals surface area contributed by atoms with Gasteiger partial charge in [-0.1, -0.05) is 31.2 Å². The number of hydrogen-bond acceptors (Lipinski definition) is 3. The van der Waals surface area contributed by atoms with Crippen molar-refractivity contribution in [2.45, 2.75) is 26.0 Å². The first-order chi connectivity index (χ1) is 9.76. The van der Waals surface area contributed by atoms with Gasteiger partial charge in [0.05, 0.1) is 19.8 Å². The molecule has 0 saturated carbocycles. The average Bonchev–Trinajstić information content (AvgIpc) is 2.53. The standard InChI is InChI=1S/C17H21NO2/c1-3-17(14-7-9-16(20-2)10-8-14)18-15-6-4-5-13(11-15)12-19/h4-11,17-19H,3,12H2,1-2H3. The van der Waals surface area contributed by atoms with E-state index in [-0.39, 0.29) is 12.6 Å². The highest BCUT2D eigenvalue weighted by atomic mass is 16.5. The molecule has 2 aromatic rings. The van der Waals surface area contributed by atoms with Crippen molar-refractivity contribution in [2.24, 2.45) is 0 Å². The predicted molar refractivity (Wildman–Crippen MR) is 82.0 cm³/mol. The van der Waals surface area contributed by atoms with E-state index in [1.54, 1.807) is 7.11 Å². The fourth-order valence-electron chi connectivity index (χ4n) is 2.22. The summed E-state index contributed by atoms with van der Waals surface area (Å²) < 4.78 is 5.18. The third-order valence-electron chi connectivity index (χ3n) is 3.38. The highest BCUT2D eigenvalue weighted by molar-refractivity contribution is 5.48. The van der Waals surface area contributed by atoms with E-state index < -0.39 is 0 Å². The highest BCUT2D eigenvalue weighted by Crippen LogP contribution is 2.24. The zero-order valence-corrected chi connectivity index (χ0v) is 12.0. The van der Waals surface area contributed by atoms with Crippen molar-refractivity contribution >= 4 is 5.69 Å². The molecule has 0 aliphatic rings. The third-order valence-corrected chi connectivity index (χ3v) is 3.38. The van der Waals surface area contributed by atoms with Gasteiger partial charge in [-0.05, 0) is 41.8 Å². The van der Waals surface area contributed by atoms with Crippen molar-refractivity contribution in [3.05, 3.63) is 59.7 Å². The molecule has 0 bridgehead atoms. The number of anilines is 1. The Hall–Kier alpha value is -2.00. The molecule has 0 aromatic heterocycles. The van der Waals surface area contributed by atoms with Gasteiger partial charge >= 0.3 is 0 Å². The van der Waals surface area contributed by atoms with Gasteiger partial charge in [0.25, 0.3) is 0 Å². The van der Waals surface area contributed by atoms with Crippen LogP contribution >= 0.6 is 0 Å². The molecule has 0 aliphatic carbocycles. The molecule has 106 valence electrons. The molecule has 0 amide bonds. The smallest absolute Gasteiger partial charge is 0.118 e. The van der Waals surface area contributed by atoms with Gasteiger partial charge in [-0.3, -0.25) is 0 Å². The minimum absolute atomic E-state index is 0.0643. The quantitative estimate of drug-likeness (QED) is 0.840. The maximum absolute atomic E-state index is 9.19. The minimum atomic E-state index is 0.0643. The molecular formula is C17H21NO2. The van der Waals surface area contributed by atoms with Crippen LogP contribution in [0.5, 0.6) is 5.75 Å². The average molecular weight is 271 g/mol. The van der Waals surface area contributed by atoms with Crippen LogP contribution < -0.4 is 10.1 Å². The zero-order chi connectivity index (χ0) is 14.4. The van der Waals surface area contributed by atoms with Crippen LogP contribution in [0.3, 0.4) is 0 Å². The number of ether oxygens (including phenoxy) is 1. The molecule has 1 atom stereocenters. The van der Waals surface area contributed by atoms with Crippen molar-refractivity contribution in [1.82, 2.24) is 0 Å². The fourth-order valence-corrected chi connectivity index (χ4v) is 2.22. The second kappa shape index (κ2) is 6.96. The fraction of sp³-hybridized carbons (Fsp3) is 0.294. The number of aliphatic hydroxyl groups is 1. The summed E-state index contributed by atoms with van der Waals surface area (Å²) in [6.45, 7) is 2.21. The molecule has 0 spiro atoms. The first-order valence-electron chi connectivity index (χ1n) is 6.87. The first kappa shape index (κ1) is 14.4. The van der Waals surface area contributed by atoms with E-state index >= 15 is 0 Å². The summed E-state index contributed by atoms with van der Waals surface area (Å²) in [5.74, 6) is 0.867. The number of rotatable bonds is 6. The van der Waals surface area contributed by atoms with Gasteiger partial charge in [0.2, 0.25) is 0 Å². The Bertz CT molecular complexity index is 537. The summed E-state index contributed by atoms with van der Waals surface area (Å²) in [4.78, 5) is 0. The van der Waals surface area contributed by atoms with Crippen LogP contribution in [0.25, 0.3) is 0 Å². The Kier molecular flexibility index (Phi) is 5.02.